The first kappa shape index (κ1) is 13.6. The molecule has 1 N–H and O–H groups in total. The van der Waals surface area contributed by atoms with E-state index in [0.29, 0.717) is 6.04 Å². The second-order valence-electron chi connectivity index (χ2n) is 5.57. The summed E-state index contributed by atoms with van der Waals surface area (Å²) in [6.07, 6.45) is 5.36. The number of nitrogens with zero attached hydrogens (tertiary/aromatic N) is 2. The van der Waals surface area contributed by atoms with Crippen LogP contribution in [0.5, 0.6) is 0 Å². The lowest BCUT2D eigenvalue weighted by Crippen LogP contribution is -2.46. The van der Waals surface area contributed by atoms with E-state index in [4.69, 9.17) is 4.74 Å². The minimum absolute atomic E-state index is 0.207. The minimum atomic E-state index is 0.207. The molecular formula is C14H25N3O. The minimum Gasteiger partial charge on any atom is -0.381 e. The first-order chi connectivity index (χ1) is 8.63. The first-order valence-electron chi connectivity index (χ1n) is 7.00. The van der Waals surface area contributed by atoms with Crippen molar-refractivity contribution in [2.75, 3.05) is 13.2 Å². The van der Waals surface area contributed by atoms with Crippen LogP contribution < -0.4 is 5.32 Å². The highest BCUT2D eigenvalue weighted by Gasteiger charge is 2.26. The Morgan fingerprint density at radius 3 is 2.89 bits per heavy atom. The topological polar surface area (TPSA) is 39.1 Å². The van der Waals surface area contributed by atoms with Gasteiger partial charge in [0.15, 0.2) is 0 Å². The number of rotatable bonds is 5. The van der Waals surface area contributed by atoms with Crippen LogP contribution in [0.15, 0.2) is 12.3 Å². The van der Waals surface area contributed by atoms with Gasteiger partial charge >= 0.3 is 0 Å². The number of hydrogen-bond donors (Lipinski definition) is 1. The van der Waals surface area contributed by atoms with Gasteiger partial charge in [-0.15, -0.1) is 0 Å². The van der Waals surface area contributed by atoms with Crippen molar-refractivity contribution in [1.82, 2.24) is 15.1 Å². The van der Waals surface area contributed by atoms with Gasteiger partial charge in [-0.3, -0.25) is 4.68 Å². The molecule has 0 spiro atoms. The molecule has 0 aromatic carbocycles. The molecule has 0 amide bonds. The standard InChI is InChI=1S/C14H25N3O/c1-4-12(2)17-8-5-13(16-17)11-15-14(3)6-9-18-10-7-14/h5,8,12,15H,4,6-7,9-11H2,1-3H3. The maximum absolute atomic E-state index is 5.41. The maximum Gasteiger partial charge on any atom is 0.0762 e. The van der Waals surface area contributed by atoms with Crippen LogP contribution in [0.4, 0.5) is 0 Å². The fourth-order valence-electron chi connectivity index (χ4n) is 2.21. The molecule has 1 aromatic rings. The van der Waals surface area contributed by atoms with Crippen molar-refractivity contribution in [2.45, 2.75) is 58.2 Å². The zero-order valence-corrected chi connectivity index (χ0v) is 11.8. The summed E-state index contributed by atoms with van der Waals surface area (Å²) in [6, 6.07) is 2.60. The van der Waals surface area contributed by atoms with Crippen molar-refractivity contribution in [3.63, 3.8) is 0 Å². The Morgan fingerprint density at radius 1 is 1.50 bits per heavy atom. The Labute approximate surface area is 110 Å². The van der Waals surface area contributed by atoms with E-state index in [1.165, 1.54) is 0 Å². The molecule has 1 unspecified atom stereocenters. The van der Waals surface area contributed by atoms with Crippen molar-refractivity contribution in [3.05, 3.63) is 18.0 Å². The van der Waals surface area contributed by atoms with E-state index in [9.17, 15) is 0 Å². The van der Waals surface area contributed by atoms with Gasteiger partial charge in [-0.1, -0.05) is 6.92 Å². The second-order valence-corrected chi connectivity index (χ2v) is 5.57. The third-order valence-corrected chi connectivity index (χ3v) is 4.00. The number of aromatic nitrogens is 2. The summed E-state index contributed by atoms with van der Waals surface area (Å²) in [5, 5.41) is 8.25. The predicted molar refractivity (Wildman–Crippen MR) is 72.5 cm³/mol. The molecule has 0 aliphatic carbocycles. The zero-order chi connectivity index (χ0) is 13.0. The third-order valence-electron chi connectivity index (χ3n) is 4.00. The highest BCUT2D eigenvalue weighted by molar-refractivity contribution is 5.01. The Hall–Kier alpha value is -0.870. The maximum atomic E-state index is 5.41. The summed E-state index contributed by atoms with van der Waals surface area (Å²) in [6.45, 7) is 9.24. The summed E-state index contributed by atoms with van der Waals surface area (Å²) in [5.41, 5.74) is 1.33. The molecule has 0 saturated carbocycles. The predicted octanol–water partition coefficient (Wildman–Crippen LogP) is 2.51. The van der Waals surface area contributed by atoms with Gasteiger partial charge in [0.05, 0.1) is 5.69 Å². The van der Waals surface area contributed by atoms with Crippen molar-refractivity contribution >= 4 is 0 Å². The fraction of sp³-hybridized carbons (Fsp3) is 0.786. The molecule has 1 aromatic heterocycles. The van der Waals surface area contributed by atoms with Gasteiger partial charge in [0, 0.05) is 37.5 Å². The molecule has 0 bridgehead atoms. The number of hydrogen-bond acceptors (Lipinski definition) is 3. The summed E-state index contributed by atoms with van der Waals surface area (Å²) < 4.78 is 7.47. The fourth-order valence-corrected chi connectivity index (χ4v) is 2.21. The lowest BCUT2D eigenvalue weighted by molar-refractivity contribution is 0.0444. The summed E-state index contributed by atoms with van der Waals surface area (Å²) in [7, 11) is 0. The molecule has 102 valence electrons. The Morgan fingerprint density at radius 2 is 2.22 bits per heavy atom. The average Bonchev–Trinajstić information content (AvgIpc) is 2.85. The van der Waals surface area contributed by atoms with Crippen LogP contribution in [-0.2, 0) is 11.3 Å². The highest BCUT2D eigenvalue weighted by Crippen LogP contribution is 2.20. The summed E-state index contributed by atoms with van der Waals surface area (Å²) >= 11 is 0. The van der Waals surface area contributed by atoms with E-state index < -0.39 is 0 Å². The van der Waals surface area contributed by atoms with Crippen molar-refractivity contribution < 1.29 is 4.74 Å². The van der Waals surface area contributed by atoms with E-state index in [1.54, 1.807) is 0 Å². The van der Waals surface area contributed by atoms with Gasteiger partial charge in [0.25, 0.3) is 0 Å². The molecule has 1 aliphatic heterocycles. The van der Waals surface area contributed by atoms with Crippen molar-refractivity contribution in [1.29, 1.82) is 0 Å². The Kier molecular flexibility index (Phi) is 4.40. The lowest BCUT2D eigenvalue weighted by Gasteiger charge is -2.34. The molecule has 1 fully saturated rings. The number of nitrogens with one attached hydrogen (secondary N) is 1. The summed E-state index contributed by atoms with van der Waals surface area (Å²) in [4.78, 5) is 0. The van der Waals surface area contributed by atoms with Gasteiger partial charge < -0.3 is 10.1 Å². The SMILES string of the molecule is CCC(C)n1ccc(CNC2(C)CCOCC2)n1. The van der Waals surface area contributed by atoms with Crippen molar-refractivity contribution in [3.8, 4) is 0 Å². The molecule has 4 nitrogen and oxygen atoms in total. The van der Waals surface area contributed by atoms with Crippen LogP contribution in [0.25, 0.3) is 0 Å². The van der Waals surface area contributed by atoms with E-state index >= 15 is 0 Å². The molecule has 0 radical (unpaired) electrons. The lowest BCUT2D eigenvalue weighted by atomic mass is 9.92. The zero-order valence-electron chi connectivity index (χ0n) is 11.8. The molecule has 2 heterocycles. The van der Waals surface area contributed by atoms with Crippen LogP contribution >= 0.6 is 0 Å². The molecule has 18 heavy (non-hydrogen) atoms. The monoisotopic (exact) mass is 251 g/mol. The normalized spacial score (nSPS) is 20.8. The van der Waals surface area contributed by atoms with E-state index in [1.807, 2.05) is 0 Å². The highest BCUT2D eigenvalue weighted by atomic mass is 16.5. The van der Waals surface area contributed by atoms with Crippen molar-refractivity contribution in [2.24, 2.45) is 0 Å². The molecule has 4 heteroatoms. The molecule has 2 rings (SSSR count). The molecular weight excluding hydrogens is 226 g/mol. The Bertz CT molecular complexity index is 369. The van der Waals surface area contributed by atoms with Gasteiger partial charge in [0.2, 0.25) is 0 Å². The Balaban J connectivity index is 1.87. The van der Waals surface area contributed by atoms with Crippen LogP contribution in [0, 0.1) is 0 Å². The quantitative estimate of drug-likeness (QED) is 0.874. The summed E-state index contributed by atoms with van der Waals surface area (Å²) in [5.74, 6) is 0. The average molecular weight is 251 g/mol. The van der Waals surface area contributed by atoms with Crippen LogP contribution in [0.3, 0.4) is 0 Å². The van der Waals surface area contributed by atoms with E-state index in [-0.39, 0.29) is 5.54 Å². The van der Waals surface area contributed by atoms with Crippen LogP contribution in [0.2, 0.25) is 0 Å². The largest absolute Gasteiger partial charge is 0.381 e. The second kappa shape index (κ2) is 5.85. The number of ether oxygens (including phenoxy) is 1. The molecule has 1 atom stereocenters. The first-order valence-corrected chi connectivity index (χ1v) is 7.00. The van der Waals surface area contributed by atoms with Crippen LogP contribution in [-0.4, -0.2) is 28.5 Å². The van der Waals surface area contributed by atoms with Gasteiger partial charge in [-0.25, -0.2) is 0 Å². The van der Waals surface area contributed by atoms with E-state index in [0.717, 1.165) is 44.7 Å². The third kappa shape index (κ3) is 3.33. The van der Waals surface area contributed by atoms with Gasteiger partial charge in [-0.05, 0) is 39.2 Å². The molecule has 1 saturated heterocycles. The van der Waals surface area contributed by atoms with Crippen LogP contribution in [0.1, 0.15) is 51.8 Å². The van der Waals surface area contributed by atoms with Gasteiger partial charge in [0.1, 0.15) is 0 Å². The van der Waals surface area contributed by atoms with E-state index in [2.05, 4.69) is 48.1 Å². The van der Waals surface area contributed by atoms with Gasteiger partial charge in [-0.2, -0.15) is 5.10 Å². The smallest absolute Gasteiger partial charge is 0.0762 e. The molecule has 1 aliphatic rings.